The smallest absolute Gasteiger partial charge is 0.338 e. The molecule has 0 radical (unpaired) electrons. The van der Waals surface area contributed by atoms with Gasteiger partial charge in [-0.15, -0.1) is 0 Å². The highest BCUT2D eigenvalue weighted by Crippen LogP contribution is 2.40. The Morgan fingerprint density at radius 3 is 1.66 bits per heavy atom. The highest BCUT2D eigenvalue weighted by atomic mass is 35.5. The summed E-state index contributed by atoms with van der Waals surface area (Å²) in [6.07, 6.45) is 4.41. The minimum atomic E-state index is -0.773. The summed E-state index contributed by atoms with van der Waals surface area (Å²) in [4.78, 5) is 50.4. The second-order valence-electron chi connectivity index (χ2n) is 8.70. The van der Waals surface area contributed by atoms with Crippen LogP contribution >= 0.6 is 11.6 Å². The van der Waals surface area contributed by atoms with Gasteiger partial charge in [0.1, 0.15) is 6.61 Å². The van der Waals surface area contributed by atoms with Gasteiger partial charge in [0, 0.05) is 29.8 Å². The fraction of sp³-hybridized carbons (Fsp3) is 0.448. The van der Waals surface area contributed by atoms with Gasteiger partial charge < -0.3 is 18.9 Å². The highest BCUT2D eigenvalue weighted by Gasteiger charge is 2.25. The monoisotopic (exact) mass is 546 g/mol. The molecule has 8 nitrogen and oxygen atoms in total. The topological polar surface area (TPSA) is 105 Å². The second kappa shape index (κ2) is 16.5. The summed E-state index contributed by atoms with van der Waals surface area (Å²) >= 11 is 6.15. The Morgan fingerprint density at radius 2 is 1.18 bits per heavy atom. The first-order valence-corrected chi connectivity index (χ1v) is 13.4. The average molecular weight is 547 g/mol. The van der Waals surface area contributed by atoms with Crippen molar-refractivity contribution in [3.8, 4) is 17.2 Å². The molecule has 0 amide bonds. The van der Waals surface area contributed by atoms with E-state index in [1.165, 1.54) is 12.1 Å². The summed E-state index contributed by atoms with van der Waals surface area (Å²) in [7, 11) is 0. The Balaban J connectivity index is 2.46. The molecule has 0 aliphatic heterocycles. The van der Waals surface area contributed by atoms with E-state index in [0.717, 1.165) is 19.3 Å². The molecule has 0 aliphatic carbocycles. The van der Waals surface area contributed by atoms with Gasteiger partial charge in [-0.05, 0) is 37.5 Å². The number of benzene rings is 2. The predicted molar refractivity (Wildman–Crippen MR) is 142 cm³/mol. The lowest BCUT2D eigenvalue weighted by molar-refractivity contribution is -0.138. The van der Waals surface area contributed by atoms with E-state index in [9.17, 15) is 19.2 Å². The van der Waals surface area contributed by atoms with Gasteiger partial charge >= 0.3 is 23.9 Å². The molecule has 0 N–H and O–H groups in total. The van der Waals surface area contributed by atoms with Gasteiger partial charge in [0.2, 0.25) is 5.75 Å². The number of carbonyl (C=O) groups is 4. The van der Waals surface area contributed by atoms with E-state index >= 15 is 0 Å². The fourth-order valence-corrected chi connectivity index (χ4v) is 3.45. The number of rotatable bonds is 15. The lowest BCUT2D eigenvalue weighted by Crippen LogP contribution is -2.16. The molecular formula is C29H35ClO8. The third-order valence-electron chi connectivity index (χ3n) is 5.44. The molecule has 0 fully saturated rings. The van der Waals surface area contributed by atoms with Crippen LogP contribution in [0.5, 0.6) is 17.2 Å². The lowest BCUT2D eigenvalue weighted by atomic mass is 10.1. The van der Waals surface area contributed by atoms with Gasteiger partial charge in [0.15, 0.2) is 11.5 Å². The Kier molecular flexibility index (Phi) is 13.3. The van der Waals surface area contributed by atoms with Crippen molar-refractivity contribution in [2.45, 2.75) is 85.2 Å². The van der Waals surface area contributed by atoms with Crippen molar-refractivity contribution in [1.29, 1.82) is 0 Å². The van der Waals surface area contributed by atoms with Crippen molar-refractivity contribution in [2.24, 2.45) is 0 Å². The average Bonchev–Trinajstić information content (AvgIpc) is 2.90. The van der Waals surface area contributed by atoms with Gasteiger partial charge in [0.25, 0.3) is 0 Å². The third kappa shape index (κ3) is 10.2. The number of carbonyl (C=O) groups excluding carboxylic acids is 4. The zero-order valence-corrected chi connectivity index (χ0v) is 22.9. The maximum atomic E-state index is 13.0. The molecule has 0 spiro atoms. The Morgan fingerprint density at radius 1 is 0.711 bits per heavy atom. The van der Waals surface area contributed by atoms with E-state index in [1.807, 2.05) is 20.8 Å². The maximum absolute atomic E-state index is 13.0. The summed E-state index contributed by atoms with van der Waals surface area (Å²) in [5.74, 6) is -3.17. The minimum absolute atomic E-state index is 0.0537. The van der Waals surface area contributed by atoms with Crippen LogP contribution in [0.25, 0.3) is 0 Å². The first-order valence-electron chi connectivity index (χ1n) is 13.0. The SMILES string of the molecule is CCCCC(=O)Oc1cc(C(=O)OCc2ccccc2Cl)cc(OC(=O)CCCC)c1OC(=O)CCCC. The van der Waals surface area contributed by atoms with Crippen LogP contribution in [0.2, 0.25) is 5.02 Å². The Bertz CT molecular complexity index is 1070. The van der Waals surface area contributed by atoms with Crippen LogP contribution < -0.4 is 14.2 Å². The van der Waals surface area contributed by atoms with Crippen LogP contribution in [0.1, 0.15) is 94.5 Å². The highest BCUT2D eigenvalue weighted by molar-refractivity contribution is 6.31. The summed E-state index contributed by atoms with van der Waals surface area (Å²) in [6, 6.07) is 9.39. The molecule has 0 bridgehead atoms. The van der Waals surface area contributed by atoms with Gasteiger partial charge in [-0.25, -0.2) is 4.79 Å². The minimum Gasteiger partial charge on any atom is -0.457 e. The molecule has 0 atom stereocenters. The molecule has 2 aromatic rings. The van der Waals surface area contributed by atoms with Crippen molar-refractivity contribution in [3.63, 3.8) is 0 Å². The molecule has 206 valence electrons. The number of ether oxygens (including phenoxy) is 4. The second-order valence-corrected chi connectivity index (χ2v) is 9.11. The van der Waals surface area contributed by atoms with Crippen molar-refractivity contribution in [1.82, 2.24) is 0 Å². The van der Waals surface area contributed by atoms with Crippen LogP contribution in [0.15, 0.2) is 36.4 Å². The maximum Gasteiger partial charge on any atom is 0.338 e. The molecule has 0 unspecified atom stereocenters. The summed E-state index contributed by atoms with van der Waals surface area (Å²) in [6.45, 7) is 5.68. The zero-order valence-electron chi connectivity index (χ0n) is 22.2. The quantitative estimate of drug-likeness (QED) is 0.174. The van der Waals surface area contributed by atoms with E-state index in [1.54, 1.807) is 24.3 Å². The van der Waals surface area contributed by atoms with Gasteiger partial charge in [-0.2, -0.15) is 0 Å². The van der Waals surface area contributed by atoms with Crippen LogP contribution in [0, 0.1) is 0 Å². The van der Waals surface area contributed by atoms with Crippen LogP contribution in [0.4, 0.5) is 0 Å². The number of unbranched alkanes of at least 4 members (excludes halogenated alkanes) is 3. The Labute approximate surface area is 228 Å². The van der Waals surface area contributed by atoms with E-state index in [4.69, 9.17) is 30.5 Å². The largest absolute Gasteiger partial charge is 0.457 e. The molecule has 38 heavy (non-hydrogen) atoms. The molecule has 0 aliphatic rings. The van der Waals surface area contributed by atoms with Crippen molar-refractivity contribution >= 4 is 35.5 Å². The van der Waals surface area contributed by atoms with E-state index in [2.05, 4.69) is 0 Å². The summed E-state index contributed by atoms with van der Waals surface area (Å²) < 4.78 is 21.9. The van der Waals surface area contributed by atoms with E-state index < -0.39 is 23.9 Å². The summed E-state index contributed by atoms with van der Waals surface area (Å²) in [5.41, 5.74) is 0.545. The molecule has 0 heterocycles. The molecular weight excluding hydrogens is 512 g/mol. The molecule has 2 aromatic carbocycles. The number of hydrogen-bond acceptors (Lipinski definition) is 8. The number of esters is 4. The first-order chi connectivity index (χ1) is 18.3. The van der Waals surface area contributed by atoms with E-state index in [0.29, 0.717) is 29.8 Å². The van der Waals surface area contributed by atoms with Crippen molar-refractivity contribution < 1.29 is 38.1 Å². The Hall–Kier alpha value is -3.39. The molecule has 2 rings (SSSR count). The number of halogens is 1. The molecule has 0 aromatic heterocycles. The zero-order chi connectivity index (χ0) is 27.9. The van der Waals surface area contributed by atoms with Gasteiger partial charge in [-0.3, -0.25) is 14.4 Å². The standard InChI is InChI=1S/C29H35ClO8/c1-4-7-14-25(31)36-23-17-21(29(34)35-19-20-12-10-11-13-22(20)30)18-24(37-26(32)15-8-5-2)28(23)38-27(33)16-9-6-3/h10-13,17-18H,4-9,14-16,19H2,1-3H3. The van der Waals surface area contributed by atoms with Gasteiger partial charge in [0.05, 0.1) is 5.56 Å². The molecule has 0 saturated heterocycles. The first kappa shape index (κ1) is 30.8. The van der Waals surface area contributed by atoms with Crippen LogP contribution in [-0.4, -0.2) is 23.9 Å². The van der Waals surface area contributed by atoms with Crippen LogP contribution in [-0.2, 0) is 25.7 Å². The predicted octanol–water partition coefficient (Wildman–Crippen LogP) is 6.98. The van der Waals surface area contributed by atoms with E-state index in [-0.39, 0.29) is 48.7 Å². The number of hydrogen-bond donors (Lipinski definition) is 0. The molecule has 9 heteroatoms. The third-order valence-corrected chi connectivity index (χ3v) is 5.81. The van der Waals surface area contributed by atoms with Crippen LogP contribution in [0.3, 0.4) is 0 Å². The van der Waals surface area contributed by atoms with Gasteiger partial charge in [-0.1, -0.05) is 69.8 Å². The van der Waals surface area contributed by atoms with Crippen molar-refractivity contribution in [3.05, 3.63) is 52.5 Å². The molecule has 0 saturated carbocycles. The fourth-order valence-electron chi connectivity index (χ4n) is 3.26. The normalized spacial score (nSPS) is 10.5. The summed E-state index contributed by atoms with van der Waals surface area (Å²) in [5, 5.41) is 0.436. The lowest BCUT2D eigenvalue weighted by Gasteiger charge is -2.16. The van der Waals surface area contributed by atoms with Crippen molar-refractivity contribution in [2.75, 3.05) is 0 Å².